The minimum absolute atomic E-state index is 0.437. The van der Waals surface area contributed by atoms with Crippen molar-refractivity contribution < 1.29 is 4.74 Å². The average Bonchev–Trinajstić information content (AvgIpc) is 2.20. The first kappa shape index (κ1) is 9.77. The van der Waals surface area contributed by atoms with Gasteiger partial charge in [0.15, 0.2) is 0 Å². The van der Waals surface area contributed by atoms with E-state index in [1.165, 1.54) is 25.8 Å². The fourth-order valence-corrected chi connectivity index (χ4v) is 2.48. The first-order chi connectivity index (χ1) is 6.38. The summed E-state index contributed by atoms with van der Waals surface area (Å²) in [6.45, 7) is 5.00. The van der Waals surface area contributed by atoms with Gasteiger partial charge in [-0.2, -0.15) is 12.6 Å². The van der Waals surface area contributed by atoms with Gasteiger partial charge in [0.05, 0.1) is 18.6 Å². The topological polar surface area (TPSA) is 15.7 Å². The van der Waals surface area contributed by atoms with E-state index in [0.29, 0.717) is 5.37 Å². The molecular weight excluding hydrogens is 184 g/mol. The predicted octanol–water partition coefficient (Wildman–Crippen LogP) is 0.975. The summed E-state index contributed by atoms with van der Waals surface area (Å²) in [6, 6.07) is 0. The van der Waals surface area contributed by atoms with E-state index in [-0.39, 0.29) is 0 Å². The summed E-state index contributed by atoms with van der Waals surface area (Å²) in [5, 5.41) is 5.25. The zero-order valence-electron chi connectivity index (χ0n) is 7.98. The van der Waals surface area contributed by atoms with Crippen LogP contribution in [-0.4, -0.2) is 48.2 Å². The van der Waals surface area contributed by atoms with Gasteiger partial charge < -0.3 is 4.74 Å². The predicted molar refractivity (Wildman–Crippen MR) is 55.7 cm³/mol. The molecule has 3 nitrogen and oxygen atoms in total. The summed E-state index contributed by atoms with van der Waals surface area (Å²) in [4.78, 5) is 0. The van der Waals surface area contributed by atoms with E-state index < -0.39 is 0 Å². The van der Waals surface area contributed by atoms with Gasteiger partial charge in [0.2, 0.25) is 0 Å². The third-order valence-electron chi connectivity index (χ3n) is 2.79. The number of hydrogen-bond donors (Lipinski definition) is 1. The van der Waals surface area contributed by atoms with Crippen LogP contribution < -0.4 is 0 Å². The second-order valence-electron chi connectivity index (χ2n) is 3.71. The highest BCUT2D eigenvalue weighted by Crippen LogP contribution is 2.21. The Morgan fingerprint density at radius 1 is 1.08 bits per heavy atom. The number of hydrogen-bond acceptors (Lipinski definition) is 4. The smallest absolute Gasteiger partial charge is 0.0669 e. The van der Waals surface area contributed by atoms with Crippen LogP contribution in [0.4, 0.5) is 0 Å². The van der Waals surface area contributed by atoms with Crippen LogP contribution in [0.15, 0.2) is 0 Å². The lowest BCUT2D eigenvalue weighted by Gasteiger charge is -2.42. The first-order valence-electron chi connectivity index (χ1n) is 5.15. The van der Waals surface area contributed by atoms with E-state index in [1.54, 1.807) is 0 Å². The molecular formula is C9H18N2OS. The Morgan fingerprint density at radius 3 is 2.54 bits per heavy atom. The molecule has 0 bridgehead atoms. The number of rotatable bonds is 1. The minimum atomic E-state index is 0.437. The monoisotopic (exact) mass is 202 g/mol. The van der Waals surface area contributed by atoms with Crippen molar-refractivity contribution in [3.8, 4) is 0 Å². The SMILES string of the molecule is SC1CCCCN1N1CCOCC1. The van der Waals surface area contributed by atoms with Crippen LogP contribution in [0, 0.1) is 0 Å². The van der Waals surface area contributed by atoms with E-state index >= 15 is 0 Å². The highest BCUT2D eigenvalue weighted by atomic mass is 32.1. The molecule has 1 unspecified atom stereocenters. The van der Waals surface area contributed by atoms with E-state index in [1.807, 2.05) is 0 Å². The molecule has 0 radical (unpaired) electrons. The highest BCUT2D eigenvalue weighted by Gasteiger charge is 2.25. The van der Waals surface area contributed by atoms with Crippen LogP contribution in [0.3, 0.4) is 0 Å². The molecule has 0 aromatic carbocycles. The summed E-state index contributed by atoms with van der Waals surface area (Å²) < 4.78 is 5.33. The Balaban J connectivity index is 1.88. The number of thiol groups is 1. The van der Waals surface area contributed by atoms with Gasteiger partial charge >= 0.3 is 0 Å². The molecule has 2 saturated heterocycles. The lowest BCUT2D eigenvalue weighted by atomic mass is 10.1. The lowest BCUT2D eigenvalue weighted by Crippen LogP contribution is -2.53. The molecule has 2 aliphatic heterocycles. The number of nitrogens with zero attached hydrogens (tertiary/aromatic N) is 2. The summed E-state index contributed by atoms with van der Waals surface area (Å²) in [5.74, 6) is 0. The van der Waals surface area contributed by atoms with Gasteiger partial charge in [0, 0.05) is 19.6 Å². The first-order valence-corrected chi connectivity index (χ1v) is 5.67. The second kappa shape index (κ2) is 4.64. The maximum Gasteiger partial charge on any atom is 0.0669 e. The van der Waals surface area contributed by atoms with Crippen molar-refractivity contribution in [2.75, 3.05) is 32.8 Å². The van der Waals surface area contributed by atoms with Crippen molar-refractivity contribution in [2.45, 2.75) is 24.6 Å². The Labute approximate surface area is 85.4 Å². The van der Waals surface area contributed by atoms with Crippen LogP contribution >= 0.6 is 12.6 Å². The minimum Gasteiger partial charge on any atom is -0.379 e. The summed E-state index contributed by atoms with van der Waals surface area (Å²) in [5.41, 5.74) is 0. The zero-order valence-corrected chi connectivity index (χ0v) is 8.88. The van der Waals surface area contributed by atoms with Gasteiger partial charge in [-0.1, -0.05) is 0 Å². The number of morpholine rings is 1. The Hall–Kier alpha value is 0.230. The molecule has 76 valence electrons. The van der Waals surface area contributed by atoms with E-state index in [4.69, 9.17) is 4.74 Å². The maximum absolute atomic E-state index is 5.33. The fraction of sp³-hybridized carbons (Fsp3) is 1.00. The average molecular weight is 202 g/mol. The number of piperidine rings is 1. The highest BCUT2D eigenvalue weighted by molar-refractivity contribution is 7.80. The molecule has 0 amide bonds. The molecule has 1 atom stereocenters. The van der Waals surface area contributed by atoms with Crippen LogP contribution in [0.25, 0.3) is 0 Å². The van der Waals surface area contributed by atoms with Gasteiger partial charge in [-0.25, -0.2) is 10.0 Å². The summed E-state index contributed by atoms with van der Waals surface area (Å²) in [7, 11) is 0. The standard InChI is InChI=1S/C9H18N2OS/c13-9-3-1-2-4-11(9)10-5-7-12-8-6-10/h9,13H,1-8H2. The van der Waals surface area contributed by atoms with Crippen molar-refractivity contribution in [3.63, 3.8) is 0 Å². The maximum atomic E-state index is 5.33. The molecule has 0 aromatic heterocycles. The van der Waals surface area contributed by atoms with Crippen LogP contribution in [-0.2, 0) is 4.74 Å². The molecule has 2 rings (SSSR count). The van der Waals surface area contributed by atoms with Gasteiger partial charge in [0.1, 0.15) is 0 Å². The lowest BCUT2D eigenvalue weighted by molar-refractivity contribution is -0.105. The van der Waals surface area contributed by atoms with Crippen molar-refractivity contribution in [1.82, 2.24) is 10.0 Å². The molecule has 0 aromatic rings. The fourth-order valence-electron chi connectivity index (χ4n) is 2.04. The molecule has 0 N–H and O–H groups in total. The van der Waals surface area contributed by atoms with Crippen LogP contribution in [0.5, 0.6) is 0 Å². The van der Waals surface area contributed by atoms with E-state index in [9.17, 15) is 0 Å². The number of hydrazine groups is 1. The largest absolute Gasteiger partial charge is 0.379 e. The zero-order chi connectivity index (χ0) is 9.10. The van der Waals surface area contributed by atoms with Crippen molar-refractivity contribution in [1.29, 1.82) is 0 Å². The molecule has 4 heteroatoms. The Morgan fingerprint density at radius 2 is 1.85 bits per heavy atom. The Bertz CT molecular complexity index is 162. The molecule has 0 saturated carbocycles. The quantitative estimate of drug-likeness (QED) is 0.638. The van der Waals surface area contributed by atoms with E-state index in [2.05, 4.69) is 22.6 Å². The van der Waals surface area contributed by atoms with Crippen LogP contribution in [0.2, 0.25) is 0 Å². The second-order valence-corrected chi connectivity index (χ2v) is 4.30. The normalized spacial score (nSPS) is 33.5. The molecule has 0 aliphatic carbocycles. The van der Waals surface area contributed by atoms with Gasteiger partial charge in [-0.3, -0.25) is 0 Å². The van der Waals surface area contributed by atoms with Crippen LogP contribution in [0.1, 0.15) is 19.3 Å². The van der Waals surface area contributed by atoms with Crippen molar-refractivity contribution in [2.24, 2.45) is 0 Å². The third-order valence-corrected chi connectivity index (χ3v) is 3.32. The molecule has 2 aliphatic rings. The third kappa shape index (κ3) is 2.37. The number of ether oxygens (including phenoxy) is 1. The van der Waals surface area contributed by atoms with E-state index in [0.717, 1.165) is 26.3 Å². The molecule has 2 heterocycles. The molecule has 13 heavy (non-hydrogen) atoms. The Kier molecular flexibility index (Phi) is 3.49. The molecule has 0 spiro atoms. The van der Waals surface area contributed by atoms with Crippen molar-refractivity contribution >= 4 is 12.6 Å². The van der Waals surface area contributed by atoms with Gasteiger partial charge in [-0.15, -0.1) is 0 Å². The van der Waals surface area contributed by atoms with Gasteiger partial charge in [0.25, 0.3) is 0 Å². The molecule has 2 fully saturated rings. The van der Waals surface area contributed by atoms with Gasteiger partial charge in [-0.05, 0) is 19.3 Å². The summed E-state index contributed by atoms with van der Waals surface area (Å²) in [6.07, 6.45) is 3.86. The van der Waals surface area contributed by atoms with Crippen molar-refractivity contribution in [3.05, 3.63) is 0 Å². The summed E-state index contributed by atoms with van der Waals surface area (Å²) >= 11 is 4.61.